The van der Waals surface area contributed by atoms with Crippen molar-refractivity contribution < 1.29 is 0 Å². The van der Waals surface area contributed by atoms with Gasteiger partial charge in [0.25, 0.3) is 0 Å². The van der Waals surface area contributed by atoms with Crippen molar-refractivity contribution in [1.29, 1.82) is 0 Å². The lowest BCUT2D eigenvalue weighted by Crippen LogP contribution is -2.34. The number of hydrogen-bond donors (Lipinski definition) is 1. The lowest BCUT2D eigenvalue weighted by atomic mass is 9.93. The van der Waals surface area contributed by atoms with Crippen molar-refractivity contribution in [2.24, 2.45) is 0 Å². The minimum Gasteiger partial charge on any atom is -0.355 e. The Balaban J connectivity index is 1.49. The van der Waals surface area contributed by atoms with Crippen LogP contribution in [0.2, 0.25) is 0 Å². The van der Waals surface area contributed by atoms with Gasteiger partial charge in [-0.3, -0.25) is 9.97 Å². The summed E-state index contributed by atoms with van der Waals surface area (Å²) in [5.74, 6) is 2.89. The minimum absolute atomic E-state index is 0.365. The van der Waals surface area contributed by atoms with E-state index in [1.54, 1.807) is 24.8 Å². The zero-order chi connectivity index (χ0) is 17.8. The molecule has 3 aromatic heterocycles. The normalized spacial score (nSPS) is 15.0. The van der Waals surface area contributed by atoms with E-state index in [9.17, 15) is 0 Å². The number of nitrogens with zero attached hydrogens (tertiary/aromatic N) is 6. The van der Waals surface area contributed by atoms with Crippen LogP contribution < -0.4 is 10.2 Å². The molecule has 7 nitrogen and oxygen atoms in total. The molecule has 1 aliphatic rings. The Bertz CT molecular complexity index is 861. The minimum atomic E-state index is 0.365. The standard InChI is InChI=1S/C19H21N7/c1-14-3-2-4-16(24-14)25-19-18(22-9-10-23-19)15-5-11-26(12-6-15)17-13-20-7-8-21-17/h2-4,7-10,13,15H,5-6,11-12H2,1H3,(H,23,24,25). The molecule has 4 rings (SSSR count). The second-order valence-corrected chi connectivity index (χ2v) is 6.40. The SMILES string of the molecule is Cc1cccc(Nc2nccnc2C2CCN(c3cnccn3)CC2)n1. The predicted octanol–water partition coefficient (Wildman–Crippen LogP) is 3.10. The molecule has 4 heterocycles. The molecule has 26 heavy (non-hydrogen) atoms. The lowest BCUT2D eigenvalue weighted by molar-refractivity contribution is 0.493. The molecular formula is C19H21N7. The van der Waals surface area contributed by atoms with Gasteiger partial charge in [0.1, 0.15) is 11.6 Å². The molecule has 0 radical (unpaired) electrons. The van der Waals surface area contributed by atoms with E-state index >= 15 is 0 Å². The topological polar surface area (TPSA) is 79.7 Å². The van der Waals surface area contributed by atoms with Gasteiger partial charge in [-0.15, -0.1) is 0 Å². The highest BCUT2D eigenvalue weighted by Gasteiger charge is 2.25. The van der Waals surface area contributed by atoms with Crippen LogP contribution in [0, 0.1) is 6.92 Å². The third-order valence-electron chi connectivity index (χ3n) is 4.62. The largest absolute Gasteiger partial charge is 0.355 e. The monoisotopic (exact) mass is 347 g/mol. The molecule has 1 fully saturated rings. The Hall–Kier alpha value is -3.09. The summed E-state index contributed by atoms with van der Waals surface area (Å²) in [4.78, 5) is 24.5. The molecule has 0 spiro atoms. The van der Waals surface area contributed by atoms with Crippen LogP contribution in [0.15, 0.2) is 49.2 Å². The zero-order valence-electron chi connectivity index (χ0n) is 14.7. The highest BCUT2D eigenvalue weighted by Crippen LogP contribution is 2.32. The number of pyridine rings is 1. The number of hydrogen-bond acceptors (Lipinski definition) is 7. The highest BCUT2D eigenvalue weighted by atomic mass is 15.2. The van der Waals surface area contributed by atoms with E-state index in [2.05, 4.69) is 35.1 Å². The van der Waals surface area contributed by atoms with Crippen LogP contribution in [-0.2, 0) is 0 Å². The van der Waals surface area contributed by atoms with Crippen molar-refractivity contribution in [2.75, 3.05) is 23.3 Å². The van der Waals surface area contributed by atoms with E-state index in [1.165, 1.54) is 0 Å². The van der Waals surface area contributed by atoms with E-state index in [0.717, 1.165) is 54.8 Å². The van der Waals surface area contributed by atoms with Crippen LogP contribution in [0.4, 0.5) is 17.5 Å². The van der Waals surface area contributed by atoms with Gasteiger partial charge < -0.3 is 10.2 Å². The second-order valence-electron chi connectivity index (χ2n) is 6.40. The fourth-order valence-electron chi connectivity index (χ4n) is 3.31. The third kappa shape index (κ3) is 3.61. The van der Waals surface area contributed by atoms with Gasteiger partial charge in [-0.25, -0.2) is 15.0 Å². The van der Waals surface area contributed by atoms with Crippen molar-refractivity contribution >= 4 is 17.5 Å². The Morgan fingerprint density at radius 1 is 1.00 bits per heavy atom. The summed E-state index contributed by atoms with van der Waals surface area (Å²) in [5.41, 5.74) is 1.98. The molecule has 0 bridgehead atoms. The first-order chi connectivity index (χ1) is 12.8. The smallest absolute Gasteiger partial charge is 0.153 e. The van der Waals surface area contributed by atoms with E-state index in [0.29, 0.717) is 5.92 Å². The van der Waals surface area contributed by atoms with Crippen molar-refractivity contribution in [1.82, 2.24) is 24.9 Å². The van der Waals surface area contributed by atoms with Crippen LogP contribution >= 0.6 is 0 Å². The quantitative estimate of drug-likeness (QED) is 0.777. The fraction of sp³-hybridized carbons (Fsp3) is 0.316. The van der Waals surface area contributed by atoms with E-state index in [-0.39, 0.29) is 0 Å². The molecule has 1 saturated heterocycles. The van der Waals surface area contributed by atoms with Gasteiger partial charge in [0, 0.05) is 49.5 Å². The number of piperidine rings is 1. The van der Waals surface area contributed by atoms with Crippen molar-refractivity contribution in [3.05, 3.63) is 60.6 Å². The van der Waals surface area contributed by atoms with Gasteiger partial charge in [0.15, 0.2) is 5.82 Å². The van der Waals surface area contributed by atoms with E-state index in [1.807, 2.05) is 31.3 Å². The maximum Gasteiger partial charge on any atom is 0.153 e. The summed E-state index contributed by atoms with van der Waals surface area (Å²) in [7, 11) is 0. The zero-order valence-corrected chi connectivity index (χ0v) is 14.7. The number of rotatable bonds is 4. The first-order valence-corrected chi connectivity index (χ1v) is 8.82. The van der Waals surface area contributed by atoms with E-state index < -0.39 is 0 Å². The molecule has 132 valence electrons. The molecule has 0 saturated carbocycles. The lowest BCUT2D eigenvalue weighted by Gasteiger charge is -2.32. The van der Waals surface area contributed by atoms with Gasteiger partial charge >= 0.3 is 0 Å². The molecule has 0 unspecified atom stereocenters. The van der Waals surface area contributed by atoms with Crippen LogP contribution in [0.5, 0.6) is 0 Å². The van der Waals surface area contributed by atoms with Crippen molar-refractivity contribution in [3.8, 4) is 0 Å². The molecule has 0 amide bonds. The summed E-state index contributed by atoms with van der Waals surface area (Å²) in [6.07, 6.45) is 10.7. The van der Waals surface area contributed by atoms with Gasteiger partial charge in [0.05, 0.1) is 11.9 Å². The summed E-state index contributed by atoms with van der Waals surface area (Å²) in [5, 5.41) is 3.33. The predicted molar refractivity (Wildman–Crippen MR) is 101 cm³/mol. The van der Waals surface area contributed by atoms with Crippen LogP contribution in [-0.4, -0.2) is 38.0 Å². The molecule has 0 aromatic carbocycles. The highest BCUT2D eigenvalue weighted by molar-refractivity contribution is 5.55. The Kier molecular flexibility index (Phi) is 4.68. The van der Waals surface area contributed by atoms with Crippen LogP contribution in [0.1, 0.15) is 30.1 Å². The number of aromatic nitrogens is 5. The number of nitrogens with one attached hydrogen (secondary N) is 1. The van der Waals surface area contributed by atoms with Gasteiger partial charge in [-0.1, -0.05) is 6.07 Å². The van der Waals surface area contributed by atoms with Crippen LogP contribution in [0.25, 0.3) is 0 Å². The summed E-state index contributed by atoms with van der Waals surface area (Å²) in [6, 6.07) is 5.91. The van der Waals surface area contributed by atoms with Crippen molar-refractivity contribution in [2.45, 2.75) is 25.7 Å². The van der Waals surface area contributed by atoms with Gasteiger partial charge in [-0.05, 0) is 31.9 Å². The van der Waals surface area contributed by atoms with Gasteiger partial charge in [-0.2, -0.15) is 0 Å². The maximum atomic E-state index is 4.62. The molecule has 1 aliphatic heterocycles. The molecule has 7 heteroatoms. The molecule has 1 N–H and O–H groups in total. The third-order valence-corrected chi connectivity index (χ3v) is 4.62. The Labute approximate surface area is 152 Å². The molecule has 0 atom stereocenters. The first-order valence-electron chi connectivity index (χ1n) is 8.82. The average Bonchev–Trinajstić information content (AvgIpc) is 2.69. The first kappa shape index (κ1) is 16.4. The fourth-order valence-corrected chi connectivity index (χ4v) is 3.31. The maximum absolute atomic E-state index is 4.62. The Morgan fingerprint density at radius 3 is 2.58 bits per heavy atom. The van der Waals surface area contributed by atoms with Gasteiger partial charge in [0.2, 0.25) is 0 Å². The molecular weight excluding hydrogens is 326 g/mol. The summed E-state index contributed by atoms with van der Waals surface area (Å²) >= 11 is 0. The van der Waals surface area contributed by atoms with Crippen LogP contribution in [0.3, 0.4) is 0 Å². The Morgan fingerprint density at radius 2 is 1.81 bits per heavy atom. The number of anilines is 3. The summed E-state index contributed by atoms with van der Waals surface area (Å²) in [6.45, 7) is 3.84. The number of aryl methyl sites for hydroxylation is 1. The average molecular weight is 347 g/mol. The molecule has 3 aromatic rings. The van der Waals surface area contributed by atoms with Crippen molar-refractivity contribution in [3.63, 3.8) is 0 Å². The molecule has 0 aliphatic carbocycles. The van der Waals surface area contributed by atoms with E-state index in [4.69, 9.17) is 0 Å². The summed E-state index contributed by atoms with van der Waals surface area (Å²) < 4.78 is 0. The second kappa shape index (κ2) is 7.43.